The number of nitrogens with zero attached hydrogens (tertiary/aromatic N) is 6. The molecule has 6 rings (SSSR count). The highest BCUT2D eigenvalue weighted by Gasteiger charge is 2.19. The molecule has 264 valence electrons. The van der Waals surface area contributed by atoms with E-state index in [4.69, 9.17) is 23.2 Å². The molecule has 16 nitrogen and oxygen atoms in total. The molecule has 52 heavy (non-hydrogen) atoms. The summed E-state index contributed by atoms with van der Waals surface area (Å²) in [5, 5.41) is 11.3. The molecule has 0 saturated heterocycles. The molecule has 0 spiro atoms. The Balaban J connectivity index is 1.25. The first-order chi connectivity index (χ1) is 24.8. The summed E-state index contributed by atoms with van der Waals surface area (Å²) < 4.78 is 69.8. The standard InChI is InChI=1S/C32H24Cl2N10O6S2/c33-27-39-29(35-21-7-3-1-4-8-21)43-31(41-27)37-23-15-13-19(25(17-23)51(45,46)47)11-12-20-14-16-24(18-26(20)52(48,49)50)38-32-42-28(34)40-30(44-32)36-22-9-5-2-6-10-22/h1-18H,(H,45,46,47)(H,48,49,50)(H2,35,37,39,41,43)(H2,36,38,40,42,44)/b12-11+. The van der Waals surface area contributed by atoms with E-state index >= 15 is 0 Å². The number of benzene rings is 4. The van der Waals surface area contributed by atoms with E-state index in [-0.39, 0.29) is 56.9 Å². The maximum Gasteiger partial charge on any atom is 0.295 e. The van der Waals surface area contributed by atoms with Crippen LogP contribution in [-0.4, -0.2) is 55.8 Å². The first-order valence-electron chi connectivity index (χ1n) is 14.7. The van der Waals surface area contributed by atoms with Gasteiger partial charge in [0.25, 0.3) is 20.2 Å². The van der Waals surface area contributed by atoms with Crippen molar-refractivity contribution < 1.29 is 25.9 Å². The van der Waals surface area contributed by atoms with Crippen LogP contribution in [-0.2, 0) is 20.2 Å². The Kier molecular flexibility index (Phi) is 10.6. The Morgan fingerprint density at radius 2 is 0.788 bits per heavy atom. The Hall–Kier alpha value is -5.76. The molecule has 0 aliphatic carbocycles. The summed E-state index contributed by atoms with van der Waals surface area (Å²) in [7, 11) is -9.62. The normalized spacial score (nSPS) is 11.7. The van der Waals surface area contributed by atoms with Crippen molar-refractivity contribution in [3.63, 3.8) is 0 Å². The lowest BCUT2D eigenvalue weighted by Gasteiger charge is -2.11. The van der Waals surface area contributed by atoms with Gasteiger partial charge in [0.1, 0.15) is 9.79 Å². The van der Waals surface area contributed by atoms with Gasteiger partial charge >= 0.3 is 0 Å². The Bertz CT molecular complexity index is 2340. The van der Waals surface area contributed by atoms with Gasteiger partial charge in [-0.3, -0.25) is 9.11 Å². The van der Waals surface area contributed by atoms with Gasteiger partial charge in [-0.05, 0) is 82.9 Å². The van der Waals surface area contributed by atoms with Gasteiger partial charge in [-0.15, -0.1) is 0 Å². The Labute approximate surface area is 306 Å². The average molecular weight is 780 g/mol. The summed E-state index contributed by atoms with van der Waals surface area (Å²) in [6.45, 7) is 0. The molecule has 0 atom stereocenters. The van der Waals surface area contributed by atoms with Gasteiger partial charge in [-0.25, -0.2) is 0 Å². The molecule has 6 aromatic rings. The van der Waals surface area contributed by atoms with Gasteiger partial charge in [-0.1, -0.05) is 60.7 Å². The van der Waals surface area contributed by atoms with E-state index in [0.29, 0.717) is 11.4 Å². The molecule has 0 fully saturated rings. The number of halogens is 2. The first-order valence-corrected chi connectivity index (χ1v) is 18.3. The molecule has 2 heterocycles. The van der Waals surface area contributed by atoms with Crippen molar-refractivity contribution in [3.8, 4) is 0 Å². The maximum absolute atomic E-state index is 12.4. The second kappa shape index (κ2) is 15.2. The van der Waals surface area contributed by atoms with Crippen LogP contribution >= 0.6 is 23.2 Å². The van der Waals surface area contributed by atoms with Crippen LogP contribution in [0.1, 0.15) is 11.1 Å². The van der Waals surface area contributed by atoms with Crippen LogP contribution in [0, 0.1) is 0 Å². The summed E-state index contributed by atoms with van der Waals surface area (Å²) in [6, 6.07) is 25.9. The molecule has 0 aliphatic rings. The van der Waals surface area contributed by atoms with Crippen LogP contribution in [0.5, 0.6) is 0 Å². The second-order valence-corrected chi connectivity index (χ2v) is 14.0. The lowest BCUT2D eigenvalue weighted by Crippen LogP contribution is -2.06. The molecule has 0 amide bonds. The molecule has 0 radical (unpaired) electrons. The summed E-state index contributed by atoms with van der Waals surface area (Å²) in [4.78, 5) is 23.5. The zero-order valence-corrected chi connectivity index (χ0v) is 29.3. The second-order valence-electron chi connectivity index (χ2n) is 10.5. The number of para-hydroxylation sites is 2. The van der Waals surface area contributed by atoms with Gasteiger partial charge in [0.2, 0.25) is 34.4 Å². The molecular formula is C32H24Cl2N10O6S2. The van der Waals surface area contributed by atoms with E-state index in [0.717, 1.165) is 12.1 Å². The molecule has 20 heteroatoms. The largest absolute Gasteiger partial charge is 0.324 e. The molecular weight excluding hydrogens is 755 g/mol. The predicted molar refractivity (Wildman–Crippen MR) is 197 cm³/mol. The van der Waals surface area contributed by atoms with Gasteiger partial charge in [-0.2, -0.15) is 46.7 Å². The summed E-state index contributed by atoms with van der Waals surface area (Å²) in [6.07, 6.45) is 2.50. The number of aromatic nitrogens is 6. The lowest BCUT2D eigenvalue weighted by atomic mass is 10.1. The first kappa shape index (κ1) is 36.0. The summed E-state index contributed by atoms with van der Waals surface area (Å²) in [5.74, 6) is 0.164. The van der Waals surface area contributed by atoms with Crippen molar-refractivity contribution in [3.05, 3.63) is 119 Å². The Morgan fingerprint density at radius 1 is 0.462 bits per heavy atom. The van der Waals surface area contributed by atoms with E-state index in [9.17, 15) is 25.9 Å². The van der Waals surface area contributed by atoms with Crippen LogP contribution in [0.15, 0.2) is 107 Å². The number of hydrogen-bond donors (Lipinski definition) is 6. The average Bonchev–Trinajstić information content (AvgIpc) is 3.07. The van der Waals surface area contributed by atoms with E-state index in [1.807, 2.05) is 36.4 Å². The molecule has 0 unspecified atom stereocenters. The number of rotatable bonds is 12. The molecule has 0 saturated carbocycles. The van der Waals surface area contributed by atoms with Crippen LogP contribution in [0.3, 0.4) is 0 Å². The topological polar surface area (TPSA) is 234 Å². The van der Waals surface area contributed by atoms with E-state index < -0.39 is 30.0 Å². The molecule has 2 aromatic heterocycles. The van der Waals surface area contributed by atoms with Gasteiger partial charge < -0.3 is 21.3 Å². The molecule has 6 N–H and O–H groups in total. The van der Waals surface area contributed by atoms with Crippen molar-refractivity contribution in [2.24, 2.45) is 0 Å². The summed E-state index contributed by atoms with van der Waals surface area (Å²) in [5.41, 5.74) is 1.65. The minimum atomic E-state index is -4.81. The number of hydrogen-bond acceptors (Lipinski definition) is 14. The minimum absolute atomic E-state index is 0.0186. The highest BCUT2D eigenvalue weighted by Crippen LogP contribution is 2.28. The third-order valence-electron chi connectivity index (χ3n) is 6.81. The third-order valence-corrected chi connectivity index (χ3v) is 8.97. The van der Waals surface area contributed by atoms with Crippen molar-refractivity contribution in [2.45, 2.75) is 9.79 Å². The van der Waals surface area contributed by atoms with Crippen LogP contribution in [0.2, 0.25) is 10.6 Å². The number of nitrogens with one attached hydrogen (secondary N) is 4. The van der Waals surface area contributed by atoms with Gasteiger partial charge in [0.05, 0.1) is 0 Å². The quantitative estimate of drug-likeness (QED) is 0.0542. The van der Waals surface area contributed by atoms with Crippen LogP contribution < -0.4 is 21.3 Å². The van der Waals surface area contributed by atoms with Crippen molar-refractivity contribution in [1.29, 1.82) is 0 Å². The smallest absolute Gasteiger partial charge is 0.295 e. The van der Waals surface area contributed by atoms with Crippen molar-refractivity contribution in [1.82, 2.24) is 29.9 Å². The zero-order valence-electron chi connectivity index (χ0n) is 26.2. The van der Waals surface area contributed by atoms with E-state index in [1.54, 1.807) is 24.3 Å². The van der Waals surface area contributed by atoms with Gasteiger partial charge in [0.15, 0.2) is 0 Å². The third kappa shape index (κ3) is 9.51. The SMILES string of the molecule is O=S(=O)(O)c1cc(Nc2nc(Cl)nc(Nc3ccccc3)n2)ccc1/C=C/c1ccc(Nc2nc(Cl)nc(Nc3ccccc3)n2)cc1S(=O)(=O)O. The Morgan fingerprint density at radius 3 is 1.12 bits per heavy atom. The van der Waals surface area contributed by atoms with Crippen molar-refractivity contribution >= 4 is 102 Å². The highest BCUT2D eigenvalue weighted by molar-refractivity contribution is 7.86. The maximum atomic E-state index is 12.4. The van der Waals surface area contributed by atoms with E-state index in [1.165, 1.54) is 36.4 Å². The molecule has 0 bridgehead atoms. The van der Waals surface area contributed by atoms with Crippen molar-refractivity contribution in [2.75, 3.05) is 21.3 Å². The highest BCUT2D eigenvalue weighted by atomic mass is 35.5. The fourth-order valence-electron chi connectivity index (χ4n) is 4.61. The summed E-state index contributed by atoms with van der Waals surface area (Å²) >= 11 is 12.2. The van der Waals surface area contributed by atoms with Crippen LogP contribution in [0.4, 0.5) is 46.5 Å². The van der Waals surface area contributed by atoms with Gasteiger partial charge in [0, 0.05) is 22.7 Å². The zero-order chi connectivity index (χ0) is 36.9. The fraction of sp³-hybridized carbons (Fsp3) is 0. The van der Waals surface area contributed by atoms with Crippen LogP contribution in [0.25, 0.3) is 12.2 Å². The predicted octanol–water partition coefficient (Wildman–Crippen LogP) is 7.00. The fourth-order valence-corrected chi connectivity index (χ4v) is 6.35. The number of anilines is 8. The van der Waals surface area contributed by atoms with E-state index in [2.05, 4.69) is 51.2 Å². The minimum Gasteiger partial charge on any atom is -0.324 e. The lowest BCUT2D eigenvalue weighted by molar-refractivity contribution is 0.480. The molecule has 0 aliphatic heterocycles. The monoisotopic (exact) mass is 778 g/mol. The molecule has 4 aromatic carbocycles.